The second kappa shape index (κ2) is 7.74. The molecule has 4 heteroatoms. The molecular formula is C14H20INO2. The monoisotopic (exact) mass is 361 g/mol. The standard InChI is InChI=1S/C14H20INO2/c1-3-10(4-2)13(17)9-16-14(18)11-5-7-12(15)8-6-11/h5-8,10,13,17H,3-4,9H2,1-2H3,(H,16,18). The number of rotatable bonds is 6. The van der Waals surface area contributed by atoms with Crippen LogP contribution in [0.25, 0.3) is 0 Å². The molecule has 0 aliphatic heterocycles. The van der Waals surface area contributed by atoms with Gasteiger partial charge in [0.1, 0.15) is 0 Å². The average molecular weight is 361 g/mol. The van der Waals surface area contributed by atoms with Crippen molar-refractivity contribution in [1.29, 1.82) is 0 Å². The predicted molar refractivity (Wildman–Crippen MR) is 81.6 cm³/mol. The van der Waals surface area contributed by atoms with E-state index in [1.807, 2.05) is 12.1 Å². The van der Waals surface area contributed by atoms with E-state index < -0.39 is 6.10 Å². The Morgan fingerprint density at radius 1 is 1.28 bits per heavy atom. The third-order valence-corrected chi connectivity index (χ3v) is 3.89. The first-order chi connectivity index (χ1) is 8.58. The fourth-order valence-electron chi connectivity index (χ4n) is 1.90. The van der Waals surface area contributed by atoms with Crippen LogP contribution in [0.2, 0.25) is 0 Å². The van der Waals surface area contributed by atoms with E-state index in [2.05, 4.69) is 41.8 Å². The summed E-state index contributed by atoms with van der Waals surface area (Å²) >= 11 is 2.20. The van der Waals surface area contributed by atoms with Crippen molar-refractivity contribution in [2.75, 3.05) is 6.54 Å². The highest BCUT2D eigenvalue weighted by atomic mass is 127. The summed E-state index contributed by atoms with van der Waals surface area (Å²) in [5.74, 6) is 0.124. The molecular weight excluding hydrogens is 341 g/mol. The van der Waals surface area contributed by atoms with Crippen molar-refractivity contribution in [3.63, 3.8) is 0 Å². The van der Waals surface area contributed by atoms with E-state index >= 15 is 0 Å². The van der Waals surface area contributed by atoms with Crippen LogP contribution in [0, 0.1) is 9.49 Å². The Bertz CT molecular complexity index is 374. The number of carbonyl (C=O) groups is 1. The molecule has 1 amide bonds. The number of hydrogen-bond donors (Lipinski definition) is 2. The first-order valence-corrected chi connectivity index (χ1v) is 7.38. The number of benzene rings is 1. The number of halogens is 1. The van der Waals surface area contributed by atoms with Crippen LogP contribution in [0.1, 0.15) is 37.0 Å². The van der Waals surface area contributed by atoms with E-state index in [1.165, 1.54) is 0 Å². The van der Waals surface area contributed by atoms with Gasteiger partial charge in [0.15, 0.2) is 0 Å². The molecule has 0 aliphatic carbocycles. The van der Waals surface area contributed by atoms with Crippen molar-refractivity contribution >= 4 is 28.5 Å². The molecule has 2 N–H and O–H groups in total. The summed E-state index contributed by atoms with van der Waals surface area (Å²) in [5.41, 5.74) is 0.632. The summed E-state index contributed by atoms with van der Waals surface area (Å²) in [4.78, 5) is 11.8. The van der Waals surface area contributed by atoms with Gasteiger partial charge in [-0.15, -0.1) is 0 Å². The molecule has 0 fully saturated rings. The van der Waals surface area contributed by atoms with Crippen LogP contribution >= 0.6 is 22.6 Å². The molecule has 1 rings (SSSR count). The van der Waals surface area contributed by atoms with Crippen LogP contribution in [0.4, 0.5) is 0 Å². The number of hydrogen-bond acceptors (Lipinski definition) is 2. The Kier molecular flexibility index (Phi) is 6.63. The molecule has 1 aromatic carbocycles. The highest BCUT2D eigenvalue weighted by Crippen LogP contribution is 2.12. The van der Waals surface area contributed by atoms with Crippen LogP contribution in [0.15, 0.2) is 24.3 Å². The van der Waals surface area contributed by atoms with Crippen molar-refractivity contribution in [3.05, 3.63) is 33.4 Å². The SMILES string of the molecule is CCC(CC)C(O)CNC(=O)c1ccc(I)cc1. The van der Waals surface area contributed by atoms with E-state index in [9.17, 15) is 9.90 Å². The maximum absolute atomic E-state index is 11.8. The van der Waals surface area contributed by atoms with Gasteiger partial charge in [-0.3, -0.25) is 4.79 Å². The first-order valence-electron chi connectivity index (χ1n) is 6.30. The summed E-state index contributed by atoms with van der Waals surface area (Å²) in [5, 5.41) is 12.7. The second-order valence-electron chi connectivity index (χ2n) is 4.36. The Morgan fingerprint density at radius 2 is 1.83 bits per heavy atom. The lowest BCUT2D eigenvalue weighted by Gasteiger charge is -2.20. The molecule has 1 atom stereocenters. The van der Waals surface area contributed by atoms with Gasteiger partial charge in [-0.1, -0.05) is 26.7 Å². The van der Waals surface area contributed by atoms with Crippen molar-refractivity contribution in [2.24, 2.45) is 5.92 Å². The van der Waals surface area contributed by atoms with Crippen molar-refractivity contribution < 1.29 is 9.90 Å². The topological polar surface area (TPSA) is 49.3 Å². The zero-order valence-electron chi connectivity index (χ0n) is 10.8. The molecule has 0 spiro atoms. The lowest BCUT2D eigenvalue weighted by Crippen LogP contribution is -2.36. The Balaban J connectivity index is 2.48. The average Bonchev–Trinajstić information content (AvgIpc) is 2.38. The predicted octanol–water partition coefficient (Wildman–Crippen LogP) is 2.82. The smallest absolute Gasteiger partial charge is 0.251 e. The zero-order chi connectivity index (χ0) is 13.5. The van der Waals surface area contributed by atoms with E-state index in [-0.39, 0.29) is 11.8 Å². The van der Waals surface area contributed by atoms with Crippen molar-refractivity contribution in [2.45, 2.75) is 32.8 Å². The Hall–Kier alpha value is -0.620. The fraction of sp³-hybridized carbons (Fsp3) is 0.500. The van der Waals surface area contributed by atoms with Crippen molar-refractivity contribution in [3.8, 4) is 0 Å². The van der Waals surface area contributed by atoms with E-state index in [0.29, 0.717) is 12.1 Å². The van der Waals surface area contributed by atoms with Crippen LogP contribution in [0.5, 0.6) is 0 Å². The molecule has 0 aliphatic rings. The molecule has 0 saturated heterocycles. The zero-order valence-corrected chi connectivity index (χ0v) is 13.0. The van der Waals surface area contributed by atoms with E-state index in [1.54, 1.807) is 12.1 Å². The third kappa shape index (κ3) is 4.57. The number of aliphatic hydroxyl groups excluding tert-OH is 1. The maximum atomic E-state index is 11.8. The number of aliphatic hydroxyl groups is 1. The maximum Gasteiger partial charge on any atom is 0.251 e. The minimum atomic E-state index is -0.465. The third-order valence-electron chi connectivity index (χ3n) is 3.17. The quantitative estimate of drug-likeness (QED) is 0.766. The van der Waals surface area contributed by atoms with E-state index in [4.69, 9.17) is 0 Å². The van der Waals surface area contributed by atoms with Gasteiger partial charge in [-0.25, -0.2) is 0 Å². The van der Waals surface area contributed by atoms with Crippen LogP contribution in [-0.4, -0.2) is 23.7 Å². The largest absolute Gasteiger partial charge is 0.391 e. The Labute approximate surface area is 122 Å². The van der Waals surface area contributed by atoms with Crippen molar-refractivity contribution in [1.82, 2.24) is 5.32 Å². The summed E-state index contributed by atoms with van der Waals surface area (Å²) in [6, 6.07) is 7.38. The van der Waals surface area contributed by atoms with Crippen LogP contribution in [0.3, 0.4) is 0 Å². The lowest BCUT2D eigenvalue weighted by atomic mass is 9.96. The van der Waals surface area contributed by atoms with Crippen LogP contribution < -0.4 is 5.32 Å². The van der Waals surface area contributed by atoms with Crippen LogP contribution in [-0.2, 0) is 0 Å². The van der Waals surface area contributed by atoms with Gasteiger partial charge in [-0.2, -0.15) is 0 Å². The molecule has 1 unspecified atom stereocenters. The Morgan fingerprint density at radius 3 is 2.33 bits per heavy atom. The van der Waals surface area contributed by atoms with E-state index in [0.717, 1.165) is 16.4 Å². The molecule has 0 aromatic heterocycles. The van der Waals surface area contributed by atoms with Gasteiger partial charge in [-0.05, 0) is 52.8 Å². The lowest BCUT2D eigenvalue weighted by molar-refractivity contribution is 0.0816. The molecule has 3 nitrogen and oxygen atoms in total. The number of carbonyl (C=O) groups excluding carboxylic acids is 1. The van der Waals surface area contributed by atoms with Gasteiger partial charge in [0.2, 0.25) is 0 Å². The molecule has 0 heterocycles. The molecule has 0 bridgehead atoms. The summed E-state index contributed by atoms with van der Waals surface area (Å²) < 4.78 is 1.10. The fourth-order valence-corrected chi connectivity index (χ4v) is 2.26. The van der Waals surface area contributed by atoms with Gasteiger partial charge >= 0.3 is 0 Å². The molecule has 100 valence electrons. The minimum Gasteiger partial charge on any atom is -0.391 e. The molecule has 0 radical (unpaired) electrons. The second-order valence-corrected chi connectivity index (χ2v) is 5.61. The highest BCUT2D eigenvalue weighted by molar-refractivity contribution is 14.1. The summed E-state index contributed by atoms with van der Waals surface area (Å²) in [6.07, 6.45) is 1.39. The summed E-state index contributed by atoms with van der Waals surface area (Å²) in [6.45, 7) is 4.42. The molecule has 1 aromatic rings. The first kappa shape index (κ1) is 15.4. The number of nitrogens with one attached hydrogen (secondary N) is 1. The molecule has 18 heavy (non-hydrogen) atoms. The van der Waals surface area contributed by atoms with Gasteiger partial charge in [0.25, 0.3) is 5.91 Å². The van der Waals surface area contributed by atoms with Gasteiger partial charge in [0.05, 0.1) is 6.10 Å². The number of amides is 1. The normalized spacial score (nSPS) is 12.5. The van der Waals surface area contributed by atoms with Gasteiger partial charge < -0.3 is 10.4 Å². The van der Waals surface area contributed by atoms with Gasteiger partial charge in [0, 0.05) is 15.7 Å². The minimum absolute atomic E-state index is 0.128. The highest BCUT2D eigenvalue weighted by Gasteiger charge is 2.16. The molecule has 0 saturated carbocycles. The summed E-state index contributed by atoms with van der Waals surface area (Å²) in [7, 11) is 0.